The lowest BCUT2D eigenvalue weighted by molar-refractivity contribution is -0.117. The Labute approximate surface area is 121 Å². The van der Waals surface area contributed by atoms with E-state index in [1.165, 1.54) is 0 Å². The van der Waals surface area contributed by atoms with E-state index in [-0.39, 0.29) is 18.3 Å². The van der Waals surface area contributed by atoms with Crippen molar-refractivity contribution in [2.75, 3.05) is 11.9 Å². The summed E-state index contributed by atoms with van der Waals surface area (Å²) in [6.45, 7) is 6.65. The van der Waals surface area contributed by atoms with Crippen LogP contribution in [0.15, 0.2) is 24.3 Å². The number of anilines is 1. The summed E-state index contributed by atoms with van der Waals surface area (Å²) < 4.78 is 5.66. The van der Waals surface area contributed by atoms with Crippen molar-refractivity contribution >= 4 is 24.0 Å². The Bertz CT molecular complexity index is 397. The minimum Gasteiger partial charge on any atom is -0.491 e. The molecule has 108 valence electrons. The van der Waals surface area contributed by atoms with Crippen LogP contribution in [0.4, 0.5) is 5.69 Å². The van der Waals surface area contributed by atoms with Gasteiger partial charge in [-0.05, 0) is 24.5 Å². The summed E-state index contributed by atoms with van der Waals surface area (Å²) in [5, 5.41) is 2.80. The molecule has 1 atom stereocenters. The number of amides is 1. The Hall–Kier alpha value is -1.26. The molecular weight excluding hydrogens is 264 g/mol. The number of hydrogen-bond donors (Lipinski definition) is 2. The van der Waals surface area contributed by atoms with Crippen molar-refractivity contribution in [2.24, 2.45) is 11.7 Å². The molecule has 1 rings (SSSR count). The van der Waals surface area contributed by atoms with Gasteiger partial charge in [0.15, 0.2) is 0 Å². The highest BCUT2D eigenvalue weighted by molar-refractivity contribution is 5.95. The number of carbonyl (C=O) groups is 1. The predicted octanol–water partition coefficient (Wildman–Crippen LogP) is 2.82. The molecular formula is C14H23ClN2O2. The van der Waals surface area contributed by atoms with Gasteiger partial charge in [0.1, 0.15) is 5.75 Å². The van der Waals surface area contributed by atoms with Crippen LogP contribution in [0.2, 0.25) is 0 Å². The van der Waals surface area contributed by atoms with Crippen LogP contribution in [-0.4, -0.2) is 18.6 Å². The fourth-order valence-electron chi connectivity index (χ4n) is 1.36. The molecule has 0 aliphatic carbocycles. The molecule has 0 heterocycles. The van der Waals surface area contributed by atoms with Gasteiger partial charge >= 0.3 is 0 Å². The third-order valence-corrected chi connectivity index (χ3v) is 2.49. The first-order valence-corrected chi connectivity index (χ1v) is 6.32. The highest BCUT2D eigenvalue weighted by Gasteiger charge is 2.13. The van der Waals surface area contributed by atoms with Gasteiger partial charge in [-0.25, -0.2) is 0 Å². The number of para-hydroxylation sites is 2. The zero-order chi connectivity index (χ0) is 13.5. The average molecular weight is 287 g/mol. The molecule has 0 aliphatic rings. The molecule has 0 radical (unpaired) electrons. The van der Waals surface area contributed by atoms with Crippen molar-refractivity contribution in [2.45, 2.75) is 33.2 Å². The molecule has 0 spiro atoms. The Morgan fingerprint density at radius 3 is 2.58 bits per heavy atom. The summed E-state index contributed by atoms with van der Waals surface area (Å²) in [4.78, 5) is 11.7. The molecule has 0 unspecified atom stereocenters. The smallest absolute Gasteiger partial charge is 0.241 e. The molecule has 4 nitrogen and oxygen atoms in total. The number of benzene rings is 1. The second kappa shape index (κ2) is 8.77. The molecule has 0 saturated carbocycles. The Morgan fingerprint density at radius 1 is 1.37 bits per heavy atom. The first-order valence-electron chi connectivity index (χ1n) is 6.32. The van der Waals surface area contributed by atoms with Gasteiger partial charge in [-0.15, -0.1) is 12.4 Å². The van der Waals surface area contributed by atoms with Gasteiger partial charge in [-0.3, -0.25) is 4.79 Å². The third-order valence-electron chi connectivity index (χ3n) is 2.49. The molecule has 0 saturated heterocycles. The van der Waals surface area contributed by atoms with Crippen molar-refractivity contribution in [3.05, 3.63) is 24.3 Å². The summed E-state index contributed by atoms with van der Waals surface area (Å²) >= 11 is 0. The number of nitrogens with one attached hydrogen (secondary N) is 1. The summed E-state index contributed by atoms with van der Waals surface area (Å²) in [7, 11) is 0. The molecule has 1 aromatic rings. The zero-order valence-corrected chi connectivity index (χ0v) is 12.5. The fraction of sp³-hybridized carbons (Fsp3) is 0.500. The SMILES string of the molecule is CC[C@H](N)C(=O)Nc1ccccc1OCC(C)C.Cl. The van der Waals surface area contributed by atoms with Crippen LogP contribution in [0.25, 0.3) is 0 Å². The number of rotatable bonds is 6. The van der Waals surface area contributed by atoms with E-state index in [1.807, 2.05) is 31.2 Å². The van der Waals surface area contributed by atoms with E-state index in [2.05, 4.69) is 19.2 Å². The Balaban J connectivity index is 0.00000324. The van der Waals surface area contributed by atoms with E-state index in [0.29, 0.717) is 30.4 Å². The van der Waals surface area contributed by atoms with Crippen LogP contribution < -0.4 is 15.8 Å². The number of halogens is 1. The van der Waals surface area contributed by atoms with E-state index in [0.717, 1.165) is 0 Å². The van der Waals surface area contributed by atoms with E-state index in [4.69, 9.17) is 10.5 Å². The minimum absolute atomic E-state index is 0. The summed E-state index contributed by atoms with van der Waals surface area (Å²) in [6.07, 6.45) is 0.612. The van der Waals surface area contributed by atoms with Crippen molar-refractivity contribution < 1.29 is 9.53 Å². The van der Waals surface area contributed by atoms with Gasteiger partial charge < -0.3 is 15.8 Å². The van der Waals surface area contributed by atoms with Crippen LogP contribution in [0.5, 0.6) is 5.75 Å². The van der Waals surface area contributed by atoms with Crippen molar-refractivity contribution in [1.82, 2.24) is 0 Å². The van der Waals surface area contributed by atoms with Gasteiger partial charge in [-0.1, -0.05) is 32.9 Å². The van der Waals surface area contributed by atoms with Gasteiger partial charge in [0.25, 0.3) is 0 Å². The van der Waals surface area contributed by atoms with E-state index < -0.39 is 6.04 Å². The molecule has 1 aromatic carbocycles. The Morgan fingerprint density at radius 2 is 2.00 bits per heavy atom. The number of nitrogens with two attached hydrogens (primary N) is 1. The minimum atomic E-state index is -0.483. The average Bonchev–Trinajstić information content (AvgIpc) is 2.36. The zero-order valence-electron chi connectivity index (χ0n) is 11.7. The van der Waals surface area contributed by atoms with Crippen molar-refractivity contribution in [1.29, 1.82) is 0 Å². The number of hydrogen-bond acceptors (Lipinski definition) is 3. The summed E-state index contributed by atoms with van der Waals surface area (Å²) in [6, 6.07) is 6.91. The highest BCUT2D eigenvalue weighted by atomic mass is 35.5. The fourth-order valence-corrected chi connectivity index (χ4v) is 1.36. The van der Waals surface area contributed by atoms with Gasteiger partial charge in [0, 0.05) is 0 Å². The second-order valence-electron chi connectivity index (χ2n) is 4.71. The lowest BCUT2D eigenvalue weighted by Crippen LogP contribution is -2.34. The molecule has 1 amide bonds. The lowest BCUT2D eigenvalue weighted by atomic mass is 10.2. The van der Waals surface area contributed by atoms with Crippen LogP contribution in [0.3, 0.4) is 0 Å². The molecule has 0 fully saturated rings. The largest absolute Gasteiger partial charge is 0.491 e. The van der Waals surface area contributed by atoms with Crippen LogP contribution in [0, 0.1) is 5.92 Å². The van der Waals surface area contributed by atoms with Gasteiger partial charge in [0.2, 0.25) is 5.91 Å². The first kappa shape index (κ1) is 17.7. The second-order valence-corrected chi connectivity index (χ2v) is 4.71. The quantitative estimate of drug-likeness (QED) is 0.845. The van der Waals surface area contributed by atoms with Crippen LogP contribution in [0.1, 0.15) is 27.2 Å². The summed E-state index contributed by atoms with van der Waals surface area (Å²) in [5.41, 5.74) is 6.36. The first-order chi connectivity index (χ1) is 8.54. The highest BCUT2D eigenvalue weighted by Crippen LogP contribution is 2.24. The normalized spacial score (nSPS) is 11.6. The summed E-state index contributed by atoms with van der Waals surface area (Å²) in [5.74, 6) is 0.938. The maximum Gasteiger partial charge on any atom is 0.241 e. The van der Waals surface area contributed by atoms with Crippen molar-refractivity contribution in [3.63, 3.8) is 0 Å². The van der Waals surface area contributed by atoms with E-state index in [1.54, 1.807) is 0 Å². The van der Waals surface area contributed by atoms with E-state index in [9.17, 15) is 4.79 Å². The maximum absolute atomic E-state index is 11.7. The molecule has 19 heavy (non-hydrogen) atoms. The molecule has 0 bridgehead atoms. The lowest BCUT2D eigenvalue weighted by Gasteiger charge is -2.15. The molecule has 0 aromatic heterocycles. The standard InChI is InChI=1S/C14H22N2O2.ClH/c1-4-11(15)14(17)16-12-7-5-6-8-13(12)18-9-10(2)3;/h5-8,10-11H,4,9,15H2,1-3H3,(H,16,17);1H/t11-;/m0./s1. The van der Waals surface area contributed by atoms with Gasteiger partial charge in [0.05, 0.1) is 18.3 Å². The van der Waals surface area contributed by atoms with Gasteiger partial charge in [-0.2, -0.15) is 0 Å². The number of carbonyl (C=O) groups excluding carboxylic acids is 1. The molecule has 5 heteroatoms. The van der Waals surface area contributed by atoms with Crippen molar-refractivity contribution in [3.8, 4) is 5.75 Å². The maximum atomic E-state index is 11.7. The topological polar surface area (TPSA) is 64.4 Å². The Kier molecular flexibility index (Phi) is 8.19. The van der Waals surface area contributed by atoms with E-state index >= 15 is 0 Å². The molecule has 3 N–H and O–H groups in total. The predicted molar refractivity (Wildman–Crippen MR) is 80.9 cm³/mol. The van der Waals surface area contributed by atoms with Crippen LogP contribution in [-0.2, 0) is 4.79 Å². The monoisotopic (exact) mass is 286 g/mol. The van der Waals surface area contributed by atoms with Crippen LogP contribution >= 0.6 is 12.4 Å². The third kappa shape index (κ3) is 5.94. The molecule has 0 aliphatic heterocycles. The number of ether oxygens (including phenoxy) is 1.